The molecule has 12 heteroatoms. The van der Waals surface area contributed by atoms with Gasteiger partial charge in [-0.15, -0.1) is 0 Å². The fourth-order valence-electron chi connectivity index (χ4n) is 3.82. The Morgan fingerprint density at radius 2 is 1.63 bits per heavy atom. The second kappa shape index (κ2) is 9.60. The molecule has 3 aromatic rings. The second-order valence-electron chi connectivity index (χ2n) is 7.79. The Morgan fingerprint density at radius 1 is 0.943 bits per heavy atom. The third kappa shape index (κ3) is 4.22. The highest BCUT2D eigenvalue weighted by molar-refractivity contribution is 5.91. The molecule has 6 N–H and O–H groups in total. The van der Waals surface area contributed by atoms with E-state index in [0.29, 0.717) is 0 Å². The topological polar surface area (TPSA) is 189 Å². The van der Waals surface area contributed by atoms with Crippen LogP contribution >= 0.6 is 0 Å². The zero-order valence-corrected chi connectivity index (χ0v) is 18.6. The summed E-state index contributed by atoms with van der Waals surface area (Å²) in [5.41, 5.74) is -0.699. The van der Waals surface area contributed by atoms with Crippen LogP contribution in [0.1, 0.15) is 0 Å². The minimum absolute atomic E-state index is 0.0580. The van der Waals surface area contributed by atoms with Gasteiger partial charge < -0.3 is 54.0 Å². The summed E-state index contributed by atoms with van der Waals surface area (Å²) >= 11 is 0. The predicted octanol–water partition coefficient (Wildman–Crippen LogP) is 0.0671. The van der Waals surface area contributed by atoms with Crippen LogP contribution in [-0.2, 0) is 4.74 Å². The van der Waals surface area contributed by atoms with E-state index < -0.39 is 54.2 Å². The van der Waals surface area contributed by atoms with Gasteiger partial charge >= 0.3 is 0 Å². The Bertz CT molecular complexity index is 1270. The van der Waals surface area contributed by atoms with Gasteiger partial charge in [-0.3, -0.25) is 4.79 Å². The first-order chi connectivity index (χ1) is 16.7. The van der Waals surface area contributed by atoms with Crippen LogP contribution < -0.4 is 19.6 Å². The number of aliphatic hydroxyl groups excluding tert-OH is 4. The molecule has 1 saturated heterocycles. The molecule has 188 valence electrons. The highest BCUT2D eigenvalue weighted by Gasteiger charge is 2.45. The maximum atomic E-state index is 13.6. The molecule has 1 aliphatic rings. The van der Waals surface area contributed by atoms with Crippen molar-refractivity contribution in [1.29, 1.82) is 0 Å². The van der Waals surface area contributed by atoms with Crippen molar-refractivity contribution in [3.63, 3.8) is 0 Å². The summed E-state index contributed by atoms with van der Waals surface area (Å²) in [6, 6.07) is 6.86. The molecule has 2 aromatic carbocycles. The Morgan fingerprint density at radius 3 is 2.23 bits per heavy atom. The minimum Gasteiger partial charge on any atom is -0.508 e. The number of hydrogen-bond acceptors (Lipinski definition) is 12. The SMILES string of the molecule is COc1cc2oc(-c3ccc(O)cc3)c(O[C@H]3O[C@H](CO)[C@H](O)[C@H](O)[C@H]3O)c(=O)c2c(O)c1OC. The van der Waals surface area contributed by atoms with Crippen LogP contribution in [0.4, 0.5) is 0 Å². The van der Waals surface area contributed by atoms with Crippen molar-refractivity contribution in [3.8, 4) is 40.1 Å². The molecule has 0 spiro atoms. The van der Waals surface area contributed by atoms with Crippen molar-refractivity contribution in [2.45, 2.75) is 30.7 Å². The van der Waals surface area contributed by atoms with Crippen molar-refractivity contribution in [2.75, 3.05) is 20.8 Å². The molecule has 0 radical (unpaired) electrons. The number of phenolic OH excluding ortho intramolecular Hbond substituents is 2. The molecule has 5 atom stereocenters. The molecule has 0 amide bonds. The van der Waals surface area contributed by atoms with Gasteiger partial charge in [-0.1, -0.05) is 0 Å². The fourth-order valence-corrected chi connectivity index (χ4v) is 3.82. The third-order valence-corrected chi connectivity index (χ3v) is 5.67. The lowest BCUT2D eigenvalue weighted by molar-refractivity contribution is -0.277. The summed E-state index contributed by atoms with van der Waals surface area (Å²) in [7, 11) is 2.60. The van der Waals surface area contributed by atoms with Crippen molar-refractivity contribution in [2.24, 2.45) is 0 Å². The van der Waals surface area contributed by atoms with Crippen molar-refractivity contribution >= 4 is 11.0 Å². The Labute approximate surface area is 197 Å². The van der Waals surface area contributed by atoms with Crippen LogP contribution in [0.2, 0.25) is 0 Å². The van der Waals surface area contributed by atoms with Gasteiger partial charge in [0.1, 0.15) is 41.1 Å². The van der Waals surface area contributed by atoms with Crippen LogP contribution in [0.15, 0.2) is 39.5 Å². The average molecular weight is 492 g/mol. The van der Waals surface area contributed by atoms with E-state index in [4.69, 9.17) is 23.4 Å². The van der Waals surface area contributed by atoms with Crippen LogP contribution in [0.25, 0.3) is 22.3 Å². The number of aromatic hydroxyl groups is 2. The Hall–Kier alpha value is -3.55. The number of benzene rings is 2. The first kappa shape index (κ1) is 24.6. The molecular weight excluding hydrogens is 468 g/mol. The van der Waals surface area contributed by atoms with E-state index in [1.807, 2.05) is 0 Å². The predicted molar refractivity (Wildman–Crippen MR) is 119 cm³/mol. The summed E-state index contributed by atoms with van der Waals surface area (Å²) in [5, 5.41) is 60.0. The number of ether oxygens (including phenoxy) is 4. The number of methoxy groups -OCH3 is 2. The second-order valence-corrected chi connectivity index (χ2v) is 7.79. The molecule has 2 heterocycles. The number of aliphatic hydroxyl groups is 4. The molecule has 0 aliphatic carbocycles. The molecule has 1 aromatic heterocycles. The highest BCUT2D eigenvalue weighted by Crippen LogP contribution is 2.44. The zero-order valence-electron chi connectivity index (χ0n) is 18.6. The van der Waals surface area contributed by atoms with Gasteiger partial charge in [0.25, 0.3) is 0 Å². The first-order valence-corrected chi connectivity index (χ1v) is 10.4. The van der Waals surface area contributed by atoms with Crippen LogP contribution in [-0.4, -0.2) is 82.2 Å². The normalized spacial score (nSPS) is 24.3. The van der Waals surface area contributed by atoms with Gasteiger partial charge in [0.2, 0.25) is 23.2 Å². The largest absolute Gasteiger partial charge is 0.508 e. The van der Waals surface area contributed by atoms with Gasteiger partial charge in [-0.05, 0) is 24.3 Å². The van der Waals surface area contributed by atoms with E-state index >= 15 is 0 Å². The maximum absolute atomic E-state index is 13.6. The lowest BCUT2D eigenvalue weighted by atomic mass is 9.99. The highest BCUT2D eigenvalue weighted by atomic mass is 16.7. The molecule has 1 fully saturated rings. The number of phenols is 2. The van der Waals surface area contributed by atoms with Crippen LogP contribution in [0, 0.1) is 0 Å². The Balaban J connectivity index is 1.94. The summed E-state index contributed by atoms with van der Waals surface area (Å²) in [5.74, 6) is -1.38. The molecular formula is C23H24O12. The number of rotatable bonds is 6. The molecule has 12 nitrogen and oxygen atoms in total. The van der Waals surface area contributed by atoms with E-state index in [2.05, 4.69) is 0 Å². The number of fused-ring (bicyclic) bond motifs is 1. The fraction of sp³-hybridized carbons (Fsp3) is 0.348. The lowest BCUT2D eigenvalue weighted by Gasteiger charge is -2.39. The molecule has 0 unspecified atom stereocenters. The smallest absolute Gasteiger partial charge is 0.239 e. The zero-order chi connectivity index (χ0) is 25.4. The summed E-state index contributed by atoms with van der Waals surface area (Å²) in [6.45, 7) is -0.709. The molecule has 0 saturated carbocycles. The Kier molecular flexibility index (Phi) is 6.74. The number of hydrogen-bond donors (Lipinski definition) is 6. The van der Waals surface area contributed by atoms with Gasteiger partial charge in [0.05, 0.1) is 20.8 Å². The third-order valence-electron chi connectivity index (χ3n) is 5.67. The maximum Gasteiger partial charge on any atom is 0.239 e. The average Bonchev–Trinajstić information content (AvgIpc) is 2.85. The molecule has 0 bridgehead atoms. The van der Waals surface area contributed by atoms with E-state index in [0.717, 1.165) is 0 Å². The van der Waals surface area contributed by atoms with Crippen LogP contribution in [0.3, 0.4) is 0 Å². The van der Waals surface area contributed by atoms with E-state index in [1.54, 1.807) is 0 Å². The van der Waals surface area contributed by atoms with E-state index in [1.165, 1.54) is 44.6 Å². The standard InChI is InChI=1S/C23H24O12/c1-31-12-7-11-14(16(27)21(12)32-2)17(28)22(20(33-11)9-3-5-10(25)6-4-9)35-23-19(30)18(29)15(26)13(8-24)34-23/h3-7,13,15,18-19,23-27,29-30H,8H2,1-2H3/t13-,15+,18+,19-,23-/m1/s1. The van der Waals surface area contributed by atoms with Crippen LogP contribution in [0.5, 0.6) is 28.7 Å². The molecule has 1 aliphatic heterocycles. The van der Waals surface area contributed by atoms with Gasteiger partial charge in [-0.2, -0.15) is 0 Å². The first-order valence-electron chi connectivity index (χ1n) is 10.4. The molecule has 4 rings (SSSR count). The van der Waals surface area contributed by atoms with Gasteiger partial charge in [0, 0.05) is 11.6 Å². The lowest BCUT2D eigenvalue weighted by Crippen LogP contribution is -2.60. The summed E-state index contributed by atoms with van der Waals surface area (Å²) in [6.07, 6.45) is -8.20. The quantitative estimate of drug-likeness (QED) is 0.272. The van der Waals surface area contributed by atoms with Gasteiger partial charge in [-0.25, -0.2) is 0 Å². The minimum atomic E-state index is -1.81. The van der Waals surface area contributed by atoms with Gasteiger partial charge in [0.15, 0.2) is 17.3 Å². The van der Waals surface area contributed by atoms with E-state index in [9.17, 15) is 35.4 Å². The monoisotopic (exact) mass is 492 g/mol. The summed E-state index contributed by atoms with van der Waals surface area (Å²) in [4.78, 5) is 13.6. The van der Waals surface area contributed by atoms with Crippen molar-refractivity contribution < 1.29 is 54.0 Å². The molecule has 35 heavy (non-hydrogen) atoms. The van der Waals surface area contributed by atoms with Crippen molar-refractivity contribution in [3.05, 3.63) is 40.6 Å². The van der Waals surface area contributed by atoms with Crippen molar-refractivity contribution in [1.82, 2.24) is 0 Å². The van der Waals surface area contributed by atoms with E-state index in [-0.39, 0.29) is 39.5 Å². The summed E-state index contributed by atoms with van der Waals surface area (Å²) < 4.78 is 27.3.